The molecule has 0 fully saturated rings. The summed E-state index contributed by atoms with van der Waals surface area (Å²) in [6, 6.07) is 15.5. The lowest BCUT2D eigenvalue weighted by atomic mass is 10.1. The molecule has 1 amide bonds. The van der Waals surface area contributed by atoms with E-state index in [2.05, 4.69) is 9.97 Å². The van der Waals surface area contributed by atoms with Gasteiger partial charge in [0.05, 0.1) is 35.2 Å². The molecule has 0 bridgehead atoms. The highest BCUT2D eigenvalue weighted by molar-refractivity contribution is 5.88. The second kappa shape index (κ2) is 9.47. The molecule has 37 heavy (non-hydrogen) atoms. The van der Waals surface area contributed by atoms with E-state index in [1.54, 1.807) is 9.25 Å². The smallest absolute Gasteiger partial charge is 0.263 e. The van der Waals surface area contributed by atoms with Gasteiger partial charge in [0, 0.05) is 19.0 Å². The Kier molecular flexibility index (Phi) is 6.18. The Hall–Kier alpha value is -4.57. The molecule has 10 heteroatoms. The van der Waals surface area contributed by atoms with Crippen LogP contribution in [0.1, 0.15) is 29.4 Å². The largest absolute Gasteiger partial charge is 0.383 e. The number of fused-ring (bicyclic) bond motifs is 2. The second-order valence-electron chi connectivity index (χ2n) is 9.06. The van der Waals surface area contributed by atoms with E-state index in [0.29, 0.717) is 27.2 Å². The number of aryl methyl sites for hydroxylation is 2. The van der Waals surface area contributed by atoms with E-state index in [0.717, 1.165) is 27.9 Å². The van der Waals surface area contributed by atoms with E-state index in [4.69, 9.17) is 10.8 Å². The van der Waals surface area contributed by atoms with Gasteiger partial charge in [-0.3, -0.25) is 19.4 Å². The molecule has 0 radical (unpaired) electrons. The molecule has 3 aromatic heterocycles. The number of anilines is 1. The van der Waals surface area contributed by atoms with E-state index >= 15 is 0 Å². The zero-order valence-corrected chi connectivity index (χ0v) is 20.8. The molecule has 3 N–H and O–H groups in total. The van der Waals surface area contributed by atoms with Gasteiger partial charge in [-0.15, -0.1) is 0 Å². The van der Waals surface area contributed by atoms with Gasteiger partial charge in [-0.05, 0) is 42.5 Å². The van der Waals surface area contributed by atoms with Crippen molar-refractivity contribution in [1.82, 2.24) is 29.4 Å². The van der Waals surface area contributed by atoms with Gasteiger partial charge in [-0.25, -0.2) is 19.7 Å². The summed E-state index contributed by atoms with van der Waals surface area (Å²) in [5.41, 5.74) is 10.5. The number of pyridine rings is 1. The molecule has 5 rings (SSSR count). The van der Waals surface area contributed by atoms with E-state index in [-0.39, 0.29) is 30.9 Å². The summed E-state index contributed by atoms with van der Waals surface area (Å²) in [6.07, 6.45) is 1.62. The Morgan fingerprint density at radius 1 is 1.05 bits per heavy atom. The van der Waals surface area contributed by atoms with Crippen molar-refractivity contribution in [1.29, 1.82) is 0 Å². The fourth-order valence-electron chi connectivity index (χ4n) is 4.70. The summed E-state index contributed by atoms with van der Waals surface area (Å²) in [7, 11) is 0. The molecule has 0 saturated heterocycles. The monoisotopic (exact) mass is 497 g/mol. The van der Waals surface area contributed by atoms with Gasteiger partial charge in [-0.1, -0.05) is 36.4 Å². The fraction of sp³-hybridized carbons (Fsp3) is 0.222. The molecule has 10 nitrogen and oxygen atoms in total. The highest BCUT2D eigenvalue weighted by Gasteiger charge is 2.20. The maximum absolute atomic E-state index is 13.9. The Morgan fingerprint density at radius 2 is 1.81 bits per heavy atom. The van der Waals surface area contributed by atoms with Crippen molar-refractivity contribution in [2.24, 2.45) is 0 Å². The molecule has 0 atom stereocenters. The SMILES string of the molecule is CC(=O)N(O)CCc1nn(Cc2cc3cccc(C)c3c(=O)n2-c2ccccc2C)c2ncnc(N)c12. The molecule has 0 aliphatic heterocycles. The minimum absolute atomic E-state index is 0.0406. The number of benzene rings is 2. The first-order valence-corrected chi connectivity index (χ1v) is 11.9. The van der Waals surface area contributed by atoms with Gasteiger partial charge in [0.2, 0.25) is 5.91 Å². The summed E-state index contributed by atoms with van der Waals surface area (Å²) in [6.45, 7) is 5.46. The number of nitrogen functional groups attached to an aromatic ring is 1. The lowest BCUT2D eigenvalue weighted by molar-refractivity contribution is -0.162. The Labute approximate surface area is 212 Å². The van der Waals surface area contributed by atoms with Gasteiger partial charge in [-0.2, -0.15) is 5.10 Å². The third-order valence-corrected chi connectivity index (χ3v) is 6.55. The van der Waals surface area contributed by atoms with Crippen molar-refractivity contribution in [3.63, 3.8) is 0 Å². The summed E-state index contributed by atoms with van der Waals surface area (Å²) in [4.78, 5) is 33.9. The average molecular weight is 498 g/mol. The first-order valence-electron chi connectivity index (χ1n) is 11.9. The molecule has 0 unspecified atom stereocenters. The lowest BCUT2D eigenvalue weighted by Gasteiger charge is -2.17. The normalized spacial score (nSPS) is 11.4. The molecule has 0 aliphatic rings. The Bertz CT molecular complexity index is 1720. The summed E-state index contributed by atoms with van der Waals surface area (Å²) in [5.74, 6) is -0.217. The number of aromatic nitrogens is 5. The van der Waals surface area contributed by atoms with Crippen molar-refractivity contribution in [3.05, 3.63) is 87.7 Å². The molecule has 0 aliphatic carbocycles. The Morgan fingerprint density at radius 3 is 2.57 bits per heavy atom. The van der Waals surface area contributed by atoms with Gasteiger partial charge in [0.1, 0.15) is 12.1 Å². The minimum Gasteiger partial charge on any atom is -0.383 e. The third kappa shape index (κ3) is 4.31. The fourth-order valence-corrected chi connectivity index (χ4v) is 4.70. The van der Waals surface area contributed by atoms with Crippen LogP contribution in [0.4, 0.5) is 5.82 Å². The van der Waals surface area contributed by atoms with Gasteiger partial charge in [0.15, 0.2) is 5.65 Å². The molecular formula is C27H27N7O3. The zero-order valence-electron chi connectivity index (χ0n) is 20.8. The van der Waals surface area contributed by atoms with Crippen molar-refractivity contribution < 1.29 is 10.0 Å². The van der Waals surface area contributed by atoms with Crippen LogP contribution in [0.2, 0.25) is 0 Å². The van der Waals surface area contributed by atoms with Crippen LogP contribution >= 0.6 is 0 Å². The number of hydroxylamine groups is 2. The molecule has 5 aromatic rings. The van der Waals surface area contributed by atoms with Crippen molar-refractivity contribution >= 4 is 33.5 Å². The number of nitrogens with zero attached hydrogens (tertiary/aromatic N) is 6. The maximum Gasteiger partial charge on any atom is 0.263 e. The lowest BCUT2D eigenvalue weighted by Crippen LogP contribution is -2.27. The first-order chi connectivity index (χ1) is 17.8. The maximum atomic E-state index is 13.9. The van der Waals surface area contributed by atoms with Crippen LogP contribution in [-0.2, 0) is 17.8 Å². The number of para-hydroxylation sites is 1. The number of amides is 1. The van der Waals surface area contributed by atoms with Crippen LogP contribution in [0, 0.1) is 13.8 Å². The minimum atomic E-state index is -0.471. The zero-order chi connectivity index (χ0) is 26.3. The summed E-state index contributed by atoms with van der Waals surface area (Å²) < 4.78 is 3.41. The summed E-state index contributed by atoms with van der Waals surface area (Å²) in [5, 5.41) is 17.3. The van der Waals surface area contributed by atoms with Gasteiger partial charge < -0.3 is 5.73 Å². The topological polar surface area (TPSA) is 132 Å². The van der Waals surface area contributed by atoms with Gasteiger partial charge >= 0.3 is 0 Å². The molecule has 0 spiro atoms. The Balaban J connectivity index is 1.70. The number of carbonyl (C=O) groups is 1. The van der Waals surface area contributed by atoms with E-state index in [1.165, 1.54) is 13.3 Å². The number of carbonyl (C=O) groups excluding carboxylic acids is 1. The van der Waals surface area contributed by atoms with E-state index < -0.39 is 5.91 Å². The molecule has 188 valence electrons. The highest BCUT2D eigenvalue weighted by atomic mass is 16.5. The second-order valence-corrected chi connectivity index (χ2v) is 9.06. The highest BCUT2D eigenvalue weighted by Crippen LogP contribution is 2.25. The predicted octanol–water partition coefficient (Wildman–Crippen LogP) is 3.16. The molecule has 3 heterocycles. The number of hydrogen-bond acceptors (Lipinski definition) is 7. The van der Waals surface area contributed by atoms with Crippen LogP contribution in [0.5, 0.6) is 0 Å². The molecule has 0 saturated carbocycles. The number of hydrogen-bond donors (Lipinski definition) is 2. The first kappa shape index (κ1) is 24.1. The molecular weight excluding hydrogens is 470 g/mol. The quantitative estimate of drug-likeness (QED) is 0.272. The number of nitrogens with two attached hydrogens (primary N) is 1. The standard InChI is InChI=1S/C27H27N7O3/c1-16-7-4-5-10-22(16)34-20(13-19-9-6-8-17(2)23(19)27(34)36)14-32-26-24(25(28)29-15-30-26)21(31-32)11-12-33(37)18(3)35/h4-10,13,15,37H,11-12,14H2,1-3H3,(H2,28,29,30). The van der Waals surface area contributed by atoms with Crippen LogP contribution in [0.15, 0.2) is 59.7 Å². The van der Waals surface area contributed by atoms with Crippen LogP contribution in [0.3, 0.4) is 0 Å². The van der Waals surface area contributed by atoms with Crippen molar-refractivity contribution in [2.75, 3.05) is 12.3 Å². The molecule has 2 aromatic carbocycles. The van der Waals surface area contributed by atoms with E-state index in [9.17, 15) is 14.8 Å². The van der Waals surface area contributed by atoms with Crippen molar-refractivity contribution in [2.45, 2.75) is 33.7 Å². The van der Waals surface area contributed by atoms with Crippen molar-refractivity contribution in [3.8, 4) is 5.69 Å². The summed E-state index contributed by atoms with van der Waals surface area (Å²) >= 11 is 0. The number of rotatable bonds is 6. The van der Waals surface area contributed by atoms with Crippen LogP contribution in [-0.4, -0.2) is 47.0 Å². The van der Waals surface area contributed by atoms with Crippen LogP contribution in [0.25, 0.3) is 27.5 Å². The average Bonchev–Trinajstić information content (AvgIpc) is 3.22. The van der Waals surface area contributed by atoms with E-state index in [1.807, 2.05) is 62.4 Å². The predicted molar refractivity (Wildman–Crippen MR) is 141 cm³/mol. The van der Waals surface area contributed by atoms with Crippen LogP contribution < -0.4 is 11.3 Å². The third-order valence-electron chi connectivity index (χ3n) is 6.55. The van der Waals surface area contributed by atoms with Gasteiger partial charge in [0.25, 0.3) is 5.56 Å².